The summed E-state index contributed by atoms with van der Waals surface area (Å²) in [6, 6.07) is 4.56. The molecule has 0 bridgehead atoms. The Morgan fingerprint density at radius 1 is 1.28 bits per heavy atom. The van der Waals surface area contributed by atoms with Gasteiger partial charge in [-0.25, -0.2) is 8.42 Å². The first-order valence-corrected chi connectivity index (χ1v) is 10.3. The number of hydrogen-bond donors (Lipinski definition) is 2. The average molecular weight is 367 g/mol. The number of rotatable bonds is 5. The molecule has 0 radical (unpaired) electrons. The van der Waals surface area contributed by atoms with Crippen LogP contribution in [0.1, 0.15) is 38.2 Å². The van der Waals surface area contributed by atoms with E-state index in [0.29, 0.717) is 30.8 Å². The molecular formula is C17H25N3O4S. The predicted octanol–water partition coefficient (Wildman–Crippen LogP) is 2.10. The number of nitrogens with zero attached hydrogens (tertiary/aromatic N) is 1. The molecule has 25 heavy (non-hydrogen) atoms. The SMILES string of the molecule is CCC(=O)N1CCCCC1C(=O)Nc1ccc(C)c(NS(C)(=O)=O)c1. The number of sulfonamides is 1. The molecule has 1 aromatic carbocycles. The van der Waals surface area contributed by atoms with Crippen molar-refractivity contribution in [3.8, 4) is 0 Å². The molecule has 1 aromatic rings. The van der Waals surface area contributed by atoms with E-state index >= 15 is 0 Å². The number of likely N-dealkylation sites (tertiary alicyclic amines) is 1. The number of piperidine rings is 1. The second kappa shape index (κ2) is 7.86. The lowest BCUT2D eigenvalue weighted by Crippen LogP contribution is -2.49. The number of anilines is 2. The monoisotopic (exact) mass is 367 g/mol. The Morgan fingerprint density at radius 3 is 2.64 bits per heavy atom. The Kier molecular flexibility index (Phi) is 6.05. The number of hydrogen-bond acceptors (Lipinski definition) is 4. The predicted molar refractivity (Wildman–Crippen MR) is 97.9 cm³/mol. The van der Waals surface area contributed by atoms with Gasteiger partial charge in [-0.05, 0) is 43.9 Å². The summed E-state index contributed by atoms with van der Waals surface area (Å²) in [6.45, 7) is 4.16. The van der Waals surface area contributed by atoms with E-state index in [4.69, 9.17) is 0 Å². The minimum absolute atomic E-state index is 0.0248. The summed E-state index contributed by atoms with van der Waals surface area (Å²) in [5, 5.41) is 2.81. The molecular weight excluding hydrogens is 342 g/mol. The summed E-state index contributed by atoms with van der Waals surface area (Å²) in [6.07, 6.45) is 3.89. The molecule has 2 amide bonds. The maximum absolute atomic E-state index is 12.6. The van der Waals surface area contributed by atoms with E-state index in [2.05, 4.69) is 10.0 Å². The van der Waals surface area contributed by atoms with Gasteiger partial charge in [-0.15, -0.1) is 0 Å². The molecule has 1 fully saturated rings. The fraction of sp³-hybridized carbons (Fsp3) is 0.529. The third kappa shape index (κ3) is 5.19. The summed E-state index contributed by atoms with van der Waals surface area (Å²) < 4.78 is 25.3. The summed E-state index contributed by atoms with van der Waals surface area (Å²) >= 11 is 0. The smallest absolute Gasteiger partial charge is 0.247 e. The maximum atomic E-state index is 12.6. The van der Waals surface area contributed by atoms with Gasteiger partial charge in [-0.1, -0.05) is 13.0 Å². The van der Waals surface area contributed by atoms with Crippen LogP contribution in [0.4, 0.5) is 11.4 Å². The van der Waals surface area contributed by atoms with Gasteiger partial charge in [0.25, 0.3) is 0 Å². The molecule has 0 aromatic heterocycles. The zero-order valence-corrected chi connectivity index (χ0v) is 15.6. The Labute approximate surface area is 148 Å². The minimum atomic E-state index is -3.40. The Morgan fingerprint density at radius 2 is 2.00 bits per heavy atom. The first-order valence-electron chi connectivity index (χ1n) is 8.40. The lowest BCUT2D eigenvalue weighted by atomic mass is 10.0. The largest absolute Gasteiger partial charge is 0.331 e. The van der Waals surface area contributed by atoms with Crippen molar-refractivity contribution in [3.63, 3.8) is 0 Å². The molecule has 1 aliphatic rings. The third-order valence-electron chi connectivity index (χ3n) is 4.23. The van der Waals surface area contributed by atoms with Crippen LogP contribution in [0.5, 0.6) is 0 Å². The molecule has 1 atom stereocenters. The number of amides is 2. The number of benzene rings is 1. The quantitative estimate of drug-likeness (QED) is 0.833. The number of aryl methyl sites for hydroxylation is 1. The molecule has 0 aliphatic carbocycles. The van der Waals surface area contributed by atoms with Gasteiger partial charge in [0.15, 0.2) is 0 Å². The normalized spacial score (nSPS) is 17.9. The maximum Gasteiger partial charge on any atom is 0.247 e. The van der Waals surface area contributed by atoms with Crippen molar-refractivity contribution in [1.82, 2.24) is 4.90 Å². The average Bonchev–Trinajstić information content (AvgIpc) is 2.56. The van der Waals surface area contributed by atoms with Gasteiger partial charge in [0, 0.05) is 18.7 Å². The third-order valence-corrected chi connectivity index (χ3v) is 4.82. The second-order valence-electron chi connectivity index (χ2n) is 6.35. The van der Waals surface area contributed by atoms with E-state index in [1.807, 2.05) is 0 Å². The Balaban J connectivity index is 2.16. The van der Waals surface area contributed by atoms with Gasteiger partial charge < -0.3 is 10.2 Å². The molecule has 1 saturated heterocycles. The molecule has 8 heteroatoms. The van der Waals surface area contributed by atoms with E-state index in [0.717, 1.165) is 24.7 Å². The first kappa shape index (κ1) is 19.2. The molecule has 0 saturated carbocycles. The van der Waals surface area contributed by atoms with Crippen LogP contribution in [-0.2, 0) is 19.6 Å². The van der Waals surface area contributed by atoms with Crippen LogP contribution in [0.25, 0.3) is 0 Å². The fourth-order valence-corrected chi connectivity index (χ4v) is 3.56. The molecule has 138 valence electrons. The van der Waals surface area contributed by atoms with E-state index in [9.17, 15) is 18.0 Å². The summed E-state index contributed by atoms with van der Waals surface area (Å²) in [4.78, 5) is 26.3. The van der Waals surface area contributed by atoms with Crippen molar-refractivity contribution in [3.05, 3.63) is 23.8 Å². The highest BCUT2D eigenvalue weighted by atomic mass is 32.2. The zero-order valence-electron chi connectivity index (χ0n) is 14.8. The van der Waals surface area contributed by atoms with Crippen molar-refractivity contribution in [2.24, 2.45) is 0 Å². The molecule has 1 unspecified atom stereocenters. The lowest BCUT2D eigenvalue weighted by Gasteiger charge is -2.34. The molecule has 2 rings (SSSR count). The van der Waals surface area contributed by atoms with Crippen LogP contribution in [0, 0.1) is 6.92 Å². The Hall–Kier alpha value is -2.09. The summed E-state index contributed by atoms with van der Waals surface area (Å²) in [5.74, 6) is -0.265. The van der Waals surface area contributed by atoms with Crippen molar-refractivity contribution in [1.29, 1.82) is 0 Å². The van der Waals surface area contributed by atoms with Crippen molar-refractivity contribution >= 4 is 33.2 Å². The number of carbonyl (C=O) groups excluding carboxylic acids is 2. The molecule has 1 aliphatic heterocycles. The highest BCUT2D eigenvalue weighted by Crippen LogP contribution is 2.23. The molecule has 1 heterocycles. The molecule has 2 N–H and O–H groups in total. The number of nitrogens with one attached hydrogen (secondary N) is 2. The van der Waals surface area contributed by atoms with Gasteiger partial charge in [-0.3, -0.25) is 14.3 Å². The van der Waals surface area contributed by atoms with Gasteiger partial charge >= 0.3 is 0 Å². The minimum Gasteiger partial charge on any atom is -0.331 e. The van der Waals surface area contributed by atoms with Crippen LogP contribution in [0.3, 0.4) is 0 Å². The fourth-order valence-electron chi connectivity index (χ4n) is 2.94. The lowest BCUT2D eigenvalue weighted by molar-refractivity contribution is -0.140. The number of carbonyl (C=O) groups is 2. The topological polar surface area (TPSA) is 95.6 Å². The summed E-state index contributed by atoms with van der Waals surface area (Å²) in [5.41, 5.74) is 1.67. The highest BCUT2D eigenvalue weighted by Gasteiger charge is 2.31. The molecule has 7 nitrogen and oxygen atoms in total. The van der Waals surface area contributed by atoms with E-state index < -0.39 is 16.1 Å². The van der Waals surface area contributed by atoms with Crippen molar-refractivity contribution in [2.45, 2.75) is 45.6 Å². The van der Waals surface area contributed by atoms with Gasteiger partial charge in [0.05, 0.1) is 11.9 Å². The van der Waals surface area contributed by atoms with Crippen LogP contribution in [0.2, 0.25) is 0 Å². The van der Waals surface area contributed by atoms with Crippen molar-refractivity contribution in [2.75, 3.05) is 22.8 Å². The van der Waals surface area contributed by atoms with Crippen LogP contribution >= 0.6 is 0 Å². The van der Waals surface area contributed by atoms with E-state index in [1.54, 1.807) is 36.9 Å². The Bertz CT molecular complexity index is 761. The van der Waals surface area contributed by atoms with Crippen LogP contribution in [0.15, 0.2) is 18.2 Å². The second-order valence-corrected chi connectivity index (χ2v) is 8.09. The highest BCUT2D eigenvalue weighted by molar-refractivity contribution is 7.92. The van der Waals surface area contributed by atoms with Gasteiger partial charge in [0.2, 0.25) is 21.8 Å². The van der Waals surface area contributed by atoms with Crippen molar-refractivity contribution < 1.29 is 18.0 Å². The first-order chi connectivity index (χ1) is 11.7. The standard InChI is InChI=1S/C17H25N3O4S/c1-4-16(21)20-10-6-5-7-15(20)17(22)18-13-9-8-12(2)14(11-13)19-25(3,23)24/h8-9,11,15,19H,4-7,10H2,1-3H3,(H,18,22). The van der Waals surface area contributed by atoms with Gasteiger partial charge in [0.1, 0.15) is 6.04 Å². The van der Waals surface area contributed by atoms with Crippen LogP contribution in [-0.4, -0.2) is 44.0 Å². The summed E-state index contributed by atoms with van der Waals surface area (Å²) in [7, 11) is -3.40. The van der Waals surface area contributed by atoms with Crippen LogP contribution < -0.4 is 10.0 Å². The van der Waals surface area contributed by atoms with E-state index in [-0.39, 0.29) is 11.8 Å². The van der Waals surface area contributed by atoms with Gasteiger partial charge in [-0.2, -0.15) is 0 Å². The zero-order chi connectivity index (χ0) is 18.6. The van der Waals surface area contributed by atoms with E-state index in [1.165, 1.54) is 0 Å². The molecule has 0 spiro atoms.